The van der Waals surface area contributed by atoms with Gasteiger partial charge in [-0.05, 0) is 49.6 Å². The molecule has 5 heteroatoms. The second kappa shape index (κ2) is 4.96. The third-order valence-corrected chi connectivity index (χ3v) is 4.55. The van der Waals surface area contributed by atoms with Crippen LogP contribution in [0.5, 0.6) is 0 Å². The van der Waals surface area contributed by atoms with Gasteiger partial charge in [0.1, 0.15) is 0 Å². The number of benzene rings is 1. The van der Waals surface area contributed by atoms with Crippen molar-refractivity contribution in [1.82, 2.24) is 5.32 Å². The summed E-state index contributed by atoms with van der Waals surface area (Å²) in [5, 5.41) is 4.03. The molecule has 0 spiro atoms. The minimum Gasteiger partial charge on any atom is -0.314 e. The molecular weight excluding hydrogens is 258 g/mol. The fraction of sp³-hybridized carbons (Fsp3) is 0.500. The minimum absolute atomic E-state index is 0.342. The molecule has 1 fully saturated rings. The summed E-state index contributed by atoms with van der Waals surface area (Å²) in [5.74, 6) is 0. The van der Waals surface area contributed by atoms with Gasteiger partial charge in [0.15, 0.2) is 9.84 Å². The zero-order chi connectivity index (χ0) is 12.5. The van der Waals surface area contributed by atoms with Crippen molar-refractivity contribution >= 4 is 21.4 Å². The van der Waals surface area contributed by atoms with Crippen LogP contribution in [0.3, 0.4) is 0 Å². The van der Waals surface area contributed by atoms with Crippen molar-refractivity contribution in [2.75, 3.05) is 12.8 Å². The third-order valence-electron chi connectivity index (χ3n) is 3.07. The largest absolute Gasteiger partial charge is 0.314 e. The number of halogens is 1. The Labute approximate surface area is 107 Å². The third kappa shape index (κ3) is 3.21. The lowest BCUT2D eigenvalue weighted by Crippen LogP contribution is -2.23. The van der Waals surface area contributed by atoms with Gasteiger partial charge in [-0.2, -0.15) is 0 Å². The maximum absolute atomic E-state index is 11.5. The van der Waals surface area contributed by atoms with Crippen molar-refractivity contribution in [1.29, 1.82) is 0 Å². The van der Waals surface area contributed by atoms with Crippen LogP contribution in [0.4, 0.5) is 0 Å². The second-order valence-corrected chi connectivity index (χ2v) is 6.95. The van der Waals surface area contributed by atoms with Gasteiger partial charge in [-0.3, -0.25) is 0 Å². The molecule has 3 nitrogen and oxygen atoms in total. The van der Waals surface area contributed by atoms with Gasteiger partial charge in [0.25, 0.3) is 0 Å². The van der Waals surface area contributed by atoms with Crippen molar-refractivity contribution in [3.63, 3.8) is 0 Å². The predicted octanol–water partition coefficient (Wildman–Crippen LogP) is 2.04. The highest BCUT2D eigenvalue weighted by Crippen LogP contribution is 2.23. The molecular formula is C12H16ClNO2S. The predicted molar refractivity (Wildman–Crippen MR) is 69.3 cm³/mol. The molecule has 0 aliphatic carbocycles. The molecule has 1 aliphatic heterocycles. The van der Waals surface area contributed by atoms with Gasteiger partial charge in [-0.25, -0.2) is 8.42 Å². The first-order chi connectivity index (χ1) is 7.97. The zero-order valence-electron chi connectivity index (χ0n) is 9.74. The van der Waals surface area contributed by atoms with Crippen LogP contribution in [0.25, 0.3) is 0 Å². The lowest BCUT2D eigenvalue weighted by Gasteiger charge is -2.12. The van der Waals surface area contributed by atoms with Gasteiger partial charge in [-0.15, -0.1) is 0 Å². The Hall–Kier alpha value is -0.580. The van der Waals surface area contributed by atoms with E-state index in [9.17, 15) is 8.42 Å². The SMILES string of the molecule is CS(=O)(=O)c1ccc(Cl)c(CC2CCCN2)c1. The summed E-state index contributed by atoms with van der Waals surface area (Å²) < 4.78 is 22.9. The summed E-state index contributed by atoms with van der Waals surface area (Å²) in [6, 6.07) is 5.34. The van der Waals surface area contributed by atoms with Crippen LogP contribution in [0.15, 0.2) is 23.1 Å². The smallest absolute Gasteiger partial charge is 0.175 e. The van der Waals surface area contributed by atoms with Gasteiger partial charge in [0.2, 0.25) is 0 Å². The van der Waals surface area contributed by atoms with Crippen molar-refractivity contribution < 1.29 is 8.42 Å². The Morgan fingerprint density at radius 1 is 1.47 bits per heavy atom. The second-order valence-electron chi connectivity index (χ2n) is 4.52. The summed E-state index contributed by atoms with van der Waals surface area (Å²) in [6.07, 6.45) is 4.31. The molecule has 0 amide bonds. The minimum atomic E-state index is -3.15. The Morgan fingerprint density at radius 3 is 2.82 bits per heavy atom. The van der Waals surface area contributed by atoms with E-state index in [1.165, 1.54) is 12.7 Å². The molecule has 0 saturated carbocycles. The highest BCUT2D eigenvalue weighted by molar-refractivity contribution is 7.90. The van der Waals surface area contributed by atoms with E-state index in [4.69, 9.17) is 11.6 Å². The van der Waals surface area contributed by atoms with Crippen LogP contribution in [0.1, 0.15) is 18.4 Å². The molecule has 1 unspecified atom stereocenters. The molecule has 0 aromatic heterocycles. The van der Waals surface area contributed by atoms with E-state index in [-0.39, 0.29) is 0 Å². The molecule has 1 aromatic rings. The maximum Gasteiger partial charge on any atom is 0.175 e. The summed E-state index contributed by atoms with van der Waals surface area (Å²) in [6.45, 7) is 1.04. The van der Waals surface area contributed by atoms with Gasteiger partial charge in [0.05, 0.1) is 4.90 Å². The molecule has 1 saturated heterocycles. The molecule has 1 N–H and O–H groups in total. The average molecular weight is 274 g/mol. The number of rotatable bonds is 3. The summed E-state index contributed by atoms with van der Waals surface area (Å²) >= 11 is 6.10. The normalized spacial score (nSPS) is 20.7. The molecule has 94 valence electrons. The van der Waals surface area contributed by atoms with Gasteiger partial charge in [0, 0.05) is 17.3 Å². The standard InChI is InChI=1S/C12H16ClNO2S/c1-17(15,16)11-4-5-12(13)9(8-11)7-10-3-2-6-14-10/h4-5,8,10,14H,2-3,6-7H2,1H3. The lowest BCUT2D eigenvalue weighted by molar-refractivity contribution is 0.597. The Balaban J connectivity index is 2.26. The molecule has 0 bridgehead atoms. The Kier molecular flexibility index (Phi) is 3.76. The number of nitrogens with one attached hydrogen (secondary N) is 1. The van der Waals surface area contributed by atoms with E-state index in [1.54, 1.807) is 18.2 Å². The van der Waals surface area contributed by atoms with Crippen LogP contribution in [0, 0.1) is 0 Å². The average Bonchev–Trinajstić information content (AvgIpc) is 2.72. The summed E-state index contributed by atoms with van der Waals surface area (Å²) in [7, 11) is -3.15. The topological polar surface area (TPSA) is 46.2 Å². The quantitative estimate of drug-likeness (QED) is 0.917. The molecule has 17 heavy (non-hydrogen) atoms. The Bertz CT molecular complexity index is 507. The first-order valence-electron chi connectivity index (χ1n) is 5.69. The molecule has 2 rings (SSSR count). The molecule has 0 radical (unpaired) electrons. The summed E-state index contributed by atoms with van der Waals surface area (Å²) in [4.78, 5) is 0.342. The lowest BCUT2D eigenvalue weighted by atomic mass is 10.0. The molecule has 1 atom stereocenters. The van der Waals surface area contributed by atoms with Crippen LogP contribution >= 0.6 is 11.6 Å². The fourth-order valence-electron chi connectivity index (χ4n) is 2.13. The molecule has 1 aromatic carbocycles. The van der Waals surface area contributed by atoms with Gasteiger partial charge < -0.3 is 5.32 Å². The summed E-state index contributed by atoms with van der Waals surface area (Å²) in [5.41, 5.74) is 0.911. The van der Waals surface area contributed by atoms with E-state index in [0.717, 1.165) is 24.9 Å². The monoisotopic (exact) mass is 273 g/mol. The first-order valence-corrected chi connectivity index (χ1v) is 7.95. The number of hydrogen-bond acceptors (Lipinski definition) is 3. The zero-order valence-corrected chi connectivity index (χ0v) is 11.3. The maximum atomic E-state index is 11.5. The van der Waals surface area contributed by atoms with Gasteiger partial charge >= 0.3 is 0 Å². The van der Waals surface area contributed by atoms with Crippen LogP contribution in [-0.2, 0) is 16.3 Å². The highest BCUT2D eigenvalue weighted by Gasteiger charge is 2.17. The van der Waals surface area contributed by atoms with Crippen molar-refractivity contribution in [3.8, 4) is 0 Å². The van der Waals surface area contributed by atoms with E-state index in [2.05, 4.69) is 5.32 Å². The van der Waals surface area contributed by atoms with E-state index in [0.29, 0.717) is 16.0 Å². The highest BCUT2D eigenvalue weighted by atomic mass is 35.5. The molecule has 1 aliphatic rings. The van der Waals surface area contributed by atoms with Crippen LogP contribution in [-0.4, -0.2) is 27.3 Å². The van der Waals surface area contributed by atoms with Crippen molar-refractivity contribution in [2.24, 2.45) is 0 Å². The van der Waals surface area contributed by atoms with Gasteiger partial charge in [-0.1, -0.05) is 11.6 Å². The van der Waals surface area contributed by atoms with E-state index in [1.807, 2.05) is 0 Å². The fourth-order valence-corrected chi connectivity index (χ4v) is 3.00. The Morgan fingerprint density at radius 2 is 2.24 bits per heavy atom. The van der Waals surface area contributed by atoms with Crippen LogP contribution in [0.2, 0.25) is 5.02 Å². The van der Waals surface area contributed by atoms with E-state index < -0.39 is 9.84 Å². The number of sulfone groups is 1. The first kappa shape index (κ1) is 12.9. The molecule has 1 heterocycles. The van der Waals surface area contributed by atoms with Crippen LogP contribution < -0.4 is 5.32 Å². The van der Waals surface area contributed by atoms with Crippen molar-refractivity contribution in [3.05, 3.63) is 28.8 Å². The number of hydrogen-bond donors (Lipinski definition) is 1. The van der Waals surface area contributed by atoms with E-state index >= 15 is 0 Å². The van der Waals surface area contributed by atoms with Crippen molar-refractivity contribution in [2.45, 2.75) is 30.2 Å².